The van der Waals surface area contributed by atoms with Gasteiger partial charge < -0.3 is 10.5 Å². The molecule has 0 atom stereocenters. The smallest absolute Gasteiger partial charge is 0.233 e. The first-order chi connectivity index (χ1) is 7.15. The summed E-state index contributed by atoms with van der Waals surface area (Å²) in [6.07, 6.45) is 3.64. The molecule has 0 amide bonds. The van der Waals surface area contributed by atoms with Crippen molar-refractivity contribution < 1.29 is 4.74 Å². The number of nitrogen functional groups attached to an aromatic ring is 1. The van der Waals surface area contributed by atoms with Crippen molar-refractivity contribution in [2.75, 3.05) is 5.73 Å². The van der Waals surface area contributed by atoms with Gasteiger partial charge in [0.25, 0.3) is 0 Å². The highest BCUT2D eigenvalue weighted by molar-refractivity contribution is 14.1. The second-order valence-corrected chi connectivity index (χ2v) is 4.03. The Hall–Kier alpha value is -1.25. The van der Waals surface area contributed by atoms with Crippen LogP contribution in [0, 0.1) is 0 Å². The van der Waals surface area contributed by atoms with Gasteiger partial charge in [0.1, 0.15) is 6.61 Å². The number of nitrogens with zero attached hydrogens (tertiary/aromatic N) is 4. The average molecular weight is 319 g/mol. The Bertz CT molecular complexity index is 463. The largest absolute Gasteiger partial charge is 0.472 e. The van der Waals surface area contributed by atoms with Gasteiger partial charge >= 0.3 is 0 Å². The molecule has 0 aliphatic carbocycles. The molecule has 7 heteroatoms. The molecule has 80 valence electrons. The van der Waals surface area contributed by atoms with Crippen LogP contribution in [0.3, 0.4) is 0 Å². The molecule has 2 aromatic heterocycles. The SMILES string of the molecule is Cn1cc(COc2ccn(I)n2)c(N)n1. The van der Waals surface area contributed by atoms with Crippen LogP contribution >= 0.6 is 22.9 Å². The van der Waals surface area contributed by atoms with Gasteiger partial charge in [0.05, 0.1) is 28.4 Å². The number of hydrogen-bond donors (Lipinski definition) is 1. The first-order valence-electron chi connectivity index (χ1n) is 4.28. The molecular formula is C8H10IN5O. The zero-order valence-corrected chi connectivity index (χ0v) is 10.2. The maximum atomic E-state index is 5.67. The van der Waals surface area contributed by atoms with Crippen molar-refractivity contribution in [1.29, 1.82) is 0 Å². The van der Waals surface area contributed by atoms with Crippen LogP contribution in [-0.2, 0) is 13.7 Å². The highest BCUT2D eigenvalue weighted by Crippen LogP contribution is 2.13. The fraction of sp³-hybridized carbons (Fsp3) is 0.250. The van der Waals surface area contributed by atoms with Gasteiger partial charge in [0.2, 0.25) is 5.88 Å². The summed E-state index contributed by atoms with van der Waals surface area (Å²) < 4.78 is 8.75. The van der Waals surface area contributed by atoms with Gasteiger partial charge in [-0.25, -0.2) is 2.90 Å². The van der Waals surface area contributed by atoms with E-state index in [1.807, 2.05) is 19.4 Å². The van der Waals surface area contributed by atoms with Gasteiger partial charge in [-0.15, -0.1) is 5.10 Å². The molecule has 2 heterocycles. The zero-order chi connectivity index (χ0) is 10.8. The van der Waals surface area contributed by atoms with E-state index in [1.165, 1.54) is 0 Å². The molecule has 0 bridgehead atoms. The lowest BCUT2D eigenvalue weighted by Crippen LogP contribution is -1.98. The Balaban J connectivity index is 2.01. The van der Waals surface area contributed by atoms with E-state index >= 15 is 0 Å². The Morgan fingerprint density at radius 3 is 2.87 bits per heavy atom. The Labute approximate surface area is 101 Å². The van der Waals surface area contributed by atoms with Gasteiger partial charge in [0, 0.05) is 25.5 Å². The average Bonchev–Trinajstić information content (AvgIpc) is 2.70. The maximum Gasteiger partial charge on any atom is 0.233 e. The van der Waals surface area contributed by atoms with Crippen LogP contribution in [0.15, 0.2) is 18.5 Å². The monoisotopic (exact) mass is 319 g/mol. The van der Waals surface area contributed by atoms with Crippen LogP contribution in [0.4, 0.5) is 5.82 Å². The fourth-order valence-corrected chi connectivity index (χ4v) is 1.55. The highest BCUT2D eigenvalue weighted by atomic mass is 127. The van der Waals surface area contributed by atoms with Gasteiger partial charge in [-0.1, -0.05) is 0 Å². The van der Waals surface area contributed by atoms with Gasteiger partial charge in [-0.2, -0.15) is 5.10 Å². The van der Waals surface area contributed by atoms with E-state index in [9.17, 15) is 0 Å². The third-order valence-electron chi connectivity index (χ3n) is 1.85. The summed E-state index contributed by atoms with van der Waals surface area (Å²) in [5, 5.41) is 8.09. The number of aryl methyl sites for hydroxylation is 1. The molecule has 0 unspecified atom stereocenters. The molecule has 15 heavy (non-hydrogen) atoms. The molecule has 2 rings (SSSR count). The molecule has 0 aliphatic rings. The predicted molar refractivity (Wildman–Crippen MR) is 63.6 cm³/mol. The minimum atomic E-state index is 0.382. The molecule has 0 fully saturated rings. The molecule has 6 nitrogen and oxygen atoms in total. The van der Waals surface area contributed by atoms with Gasteiger partial charge in [-0.3, -0.25) is 4.68 Å². The van der Waals surface area contributed by atoms with Crippen LogP contribution in [0.25, 0.3) is 0 Å². The van der Waals surface area contributed by atoms with E-state index in [0.29, 0.717) is 18.3 Å². The third kappa shape index (κ3) is 2.41. The summed E-state index contributed by atoms with van der Waals surface area (Å²) in [4.78, 5) is 0. The molecule has 0 aromatic carbocycles. The standard InChI is InChI=1S/C8H10IN5O/c1-13-4-6(8(10)12-13)5-15-7-2-3-14(9)11-7/h2-4H,5H2,1H3,(H2,10,12). The van der Waals surface area contributed by atoms with Crippen molar-refractivity contribution in [3.05, 3.63) is 24.0 Å². The van der Waals surface area contributed by atoms with E-state index in [2.05, 4.69) is 33.1 Å². The molecule has 0 saturated heterocycles. The topological polar surface area (TPSA) is 70.9 Å². The van der Waals surface area contributed by atoms with Crippen molar-refractivity contribution in [1.82, 2.24) is 17.8 Å². The maximum absolute atomic E-state index is 5.67. The molecule has 2 aromatic rings. The lowest BCUT2D eigenvalue weighted by atomic mass is 10.3. The van der Waals surface area contributed by atoms with E-state index in [4.69, 9.17) is 10.5 Å². The highest BCUT2D eigenvalue weighted by Gasteiger charge is 2.05. The second-order valence-electron chi connectivity index (χ2n) is 3.04. The summed E-state index contributed by atoms with van der Waals surface area (Å²) in [6.45, 7) is 0.382. The van der Waals surface area contributed by atoms with Gasteiger partial charge in [-0.05, 0) is 0 Å². The number of ether oxygens (including phenoxy) is 1. The van der Waals surface area contributed by atoms with Crippen molar-refractivity contribution in [2.45, 2.75) is 6.61 Å². The number of hydrogen-bond acceptors (Lipinski definition) is 4. The van der Waals surface area contributed by atoms with Crippen molar-refractivity contribution in [2.24, 2.45) is 7.05 Å². The molecule has 0 radical (unpaired) electrons. The fourth-order valence-electron chi connectivity index (χ4n) is 1.18. The predicted octanol–water partition coefficient (Wildman–Crippen LogP) is 0.976. The first kappa shape index (κ1) is 10.3. The third-order valence-corrected chi connectivity index (χ3v) is 2.38. The molecule has 0 aliphatic heterocycles. The molecule has 0 spiro atoms. The van der Waals surface area contributed by atoms with Crippen molar-refractivity contribution in [3.8, 4) is 5.88 Å². The number of rotatable bonds is 3. The number of halogens is 1. The quantitative estimate of drug-likeness (QED) is 0.856. The van der Waals surface area contributed by atoms with Crippen LogP contribution in [0.1, 0.15) is 5.56 Å². The number of anilines is 1. The Morgan fingerprint density at radius 1 is 1.53 bits per heavy atom. The normalized spacial score (nSPS) is 10.5. The summed E-state index contributed by atoms with van der Waals surface area (Å²) in [7, 11) is 1.82. The summed E-state index contributed by atoms with van der Waals surface area (Å²) in [5.41, 5.74) is 6.53. The zero-order valence-electron chi connectivity index (χ0n) is 8.09. The van der Waals surface area contributed by atoms with E-state index in [0.717, 1.165) is 5.56 Å². The lowest BCUT2D eigenvalue weighted by molar-refractivity contribution is 0.293. The number of aromatic nitrogens is 4. The summed E-state index contributed by atoms with van der Waals surface area (Å²) in [5.74, 6) is 1.07. The number of nitrogens with two attached hydrogens (primary N) is 1. The van der Waals surface area contributed by atoms with E-state index < -0.39 is 0 Å². The molecule has 2 N–H and O–H groups in total. The van der Waals surface area contributed by atoms with Crippen molar-refractivity contribution in [3.63, 3.8) is 0 Å². The van der Waals surface area contributed by atoms with E-state index in [-0.39, 0.29) is 0 Å². The van der Waals surface area contributed by atoms with Gasteiger partial charge in [0.15, 0.2) is 5.82 Å². The minimum absolute atomic E-state index is 0.382. The minimum Gasteiger partial charge on any atom is -0.472 e. The van der Waals surface area contributed by atoms with Crippen LogP contribution in [0.2, 0.25) is 0 Å². The summed E-state index contributed by atoms with van der Waals surface area (Å²) >= 11 is 2.05. The Kier molecular flexibility index (Phi) is 2.80. The molecule has 0 saturated carbocycles. The van der Waals surface area contributed by atoms with Crippen molar-refractivity contribution >= 4 is 28.7 Å². The second kappa shape index (κ2) is 4.09. The van der Waals surface area contributed by atoms with Crippen LogP contribution in [-0.4, -0.2) is 17.8 Å². The first-order valence-corrected chi connectivity index (χ1v) is 5.24. The van der Waals surface area contributed by atoms with Crippen LogP contribution in [0.5, 0.6) is 5.88 Å². The lowest BCUT2D eigenvalue weighted by Gasteiger charge is -1.99. The van der Waals surface area contributed by atoms with Crippen LogP contribution < -0.4 is 10.5 Å². The molecular weight excluding hydrogens is 309 g/mol. The van der Waals surface area contributed by atoms with E-state index in [1.54, 1.807) is 13.6 Å². The Morgan fingerprint density at radius 2 is 2.33 bits per heavy atom. The summed E-state index contributed by atoms with van der Waals surface area (Å²) in [6, 6.07) is 1.79.